The first-order valence-electron chi connectivity index (χ1n) is 5.61. The lowest BCUT2D eigenvalue weighted by Gasteiger charge is -2.14. The fraction of sp³-hybridized carbons (Fsp3) is 0.583. The van der Waals surface area contributed by atoms with Gasteiger partial charge in [-0.15, -0.1) is 0 Å². The molecule has 1 atom stereocenters. The maximum Gasteiger partial charge on any atom is 0.337 e. The number of carboxylic acid groups (broad SMARTS) is 1. The maximum atomic E-state index is 11.0. The number of nitrogens with zero attached hydrogens (tertiary/aromatic N) is 1. The molecule has 0 radical (unpaired) electrons. The van der Waals surface area contributed by atoms with Gasteiger partial charge >= 0.3 is 5.97 Å². The summed E-state index contributed by atoms with van der Waals surface area (Å²) in [6.07, 6.45) is 2.55. The Labute approximate surface area is 99.8 Å². The summed E-state index contributed by atoms with van der Waals surface area (Å²) in [4.78, 5) is 11.0. The summed E-state index contributed by atoms with van der Waals surface area (Å²) in [5, 5.41) is 9.70. The SMILES string of the molecule is Cc1cc(C(=O)O)c(C)n1CC1CCCS1. The predicted octanol–water partition coefficient (Wildman–Crippen LogP) is 2.70. The van der Waals surface area contributed by atoms with Crippen LogP contribution in [-0.2, 0) is 6.54 Å². The van der Waals surface area contributed by atoms with Crippen LogP contribution in [0.3, 0.4) is 0 Å². The van der Waals surface area contributed by atoms with Gasteiger partial charge in [0.05, 0.1) is 5.56 Å². The van der Waals surface area contributed by atoms with Crippen LogP contribution in [0.15, 0.2) is 6.07 Å². The van der Waals surface area contributed by atoms with Crippen molar-refractivity contribution in [2.24, 2.45) is 0 Å². The maximum absolute atomic E-state index is 11.0. The van der Waals surface area contributed by atoms with Crippen molar-refractivity contribution >= 4 is 17.7 Å². The number of thioether (sulfide) groups is 1. The number of carboxylic acids is 1. The second-order valence-corrected chi connectivity index (χ2v) is 5.74. The molecule has 1 aliphatic rings. The van der Waals surface area contributed by atoms with Gasteiger partial charge in [-0.1, -0.05) is 0 Å². The summed E-state index contributed by atoms with van der Waals surface area (Å²) >= 11 is 2.00. The zero-order valence-electron chi connectivity index (χ0n) is 9.69. The molecule has 1 N–H and O–H groups in total. The fourth-order valence-corrected chi connectivity index (χ4v) is 3.55. The lowest BCUT2D eigenvalue weighted by atomic mass is 10.2. The molecule has 1 fully saturated rings. The molecule has 0 saturated carbocycles. The van der Waals surface area contributed by atoms with Gasteiger partial charge in [0, 0.05) is 23.2 Å². The second-order valence-electron chi connectivity index (χ2n) is 4.34. The lowest BCUT2D eigenvalue weighted by Crippen LogP contribution is -2.13. The van der Waals surface area contributed by atoms with E-state index in [0.717, 1.165) is 17.9 Å². The largest absolute Gasteiger partial charge is 0.478 e. The van der Waals surface area contributed by atoms with Crippen LogP contribution in [0.5, 0.6) is 0 Å². The zero-order chi connectivity index (χ0) is 11.7. The summed E-state index contributed by atoms with van der Waals surface area (Å²) in [5.74, 6) is 0.425. The quantitative estimate of drug-likeness (QED) is 0.881. The average Bonchev–Trinajstić information content (AvgIpc) is 2.81. The van der Waals surface area contributed by atoms with E-state index in [1.807, 2.05) is 25.6 Å². The number of hydrogen-bond donors (Lipinski definition) is 1. The van der Waals surface area contributed by atoms with Crippen molar-refractivity contribution in [3.8, 4) is 0 Å². The summed E-state index contributed by atoms with van der Waals surface area (Å²) in [7, 11) is 0. The van der Waals surface area contributed by atoms with Gasteiger partial charge in [-0.2, -0.15) is 11.8 Å². The highest BCUT2D eigenvalue weighted by Gasteiger charge is 2.20. The van der Waals surface area contributed by atoms with Crippen LogP contribution in [0.25, 0.3) is 0 Å². The fourth-order valence-electron chi connectivity index (χ4n) is 2.29. The van der Waals surface area contributed by atoms with E-state index in [1.54, 1.807) is 6.07 Å². The highest BCUT2D eigenvalue weighted by atomic mass is 32.2. The Hall–Kier alpha value is -0.900. The molecule has 1 aromatic rings. The molecule has 3 nitrogen and oxygen atoms in total. The van der Waals surface area contributed by atoms with Gasteiger partial charge in [0.1, 0.15) is 0 Å². The summed E-state index contributed by atoms with van der Waals surface area (Å²) < 4.78 is 2.15. The minimum atomic E-state index is -0.821. The van der Waals surface area contributed by atoms with Crippen LogP contribution in [-0.4, -0.2) is 26.6 Å². The van der Waals surface area contributed by atoms with Crippen molar-refractivity contribution in [3.63, 3.8) is 0 Å². The Morgan fingerprint density at radius 3 is 2.88 bits per heavy atom. The Balaban J connectivity index is 2.22. The highest BCUT2D eigenvalue weighted by Crippen LogP contribution is 2.29. The molecule has 0 bridgehead atoms. The molecule has 16 heavy (non-hydrogen) atoms. The Morgan fingerprint density at radius 2 is 2.38 bits per heavy atom. The van der Waals surface area contributed by atoms with Gasteiger partial charge in [0.15, 0.2) is 0 Å². The van der Waals surface area contributed by atoms with Crippen molar-refractivity contribution in [2.75, 3.05) is 5.75 Å². The molecule has 1 unspecified atom stereocenters. The first-order chi connectivity index (χ1) is 7.59. The molecule has 88 valence electrons. The molecule has 1 aliphatic heterocycles. The molecule has 2 heterocycles. The summed E-state index contributed by atoms with van der Waals surface area (Å²) in [6, 6.07) is 1.78. The third kappa shape index (κ3) is 2.12. The average molecular weight is 239 g/mol. The molecule has 1 saturated heterocycles. The molecule has 0 spiro atoms. The van der Waals surface area contributed by atoms with E-state index in [4.69, 9.17) is 5.11 Å². The standard InChI is InChI=1S/C12H17NO2S/c1-8-6-11(12(14)15)9(2)13(8)7-10-4-3-5-16-10/h6,10H,3-5,7H2,1-2H3,(H,14,15). The number of aryl methyl sites for hydroxylation is 1. The van der Waals surface area contributed by atoms with Crippen LogP contribution < -0.4 is 0 Å². The van der Waals surface area contributed by atoms with Crippen molar-refractivity contribution < 1.29 is 9.90 Å². The smallest absolute Gasteiger partial charge is 0.337 e. The number of hydrogen-bond acceptors (Lipinski definition) is 2. The van der Waals surface area contributed by atoms with E-state index in [-0.39, 0.29) is 0 Å². The van der Waals surface area contributed by atoms with Crippen molar-refractivity contribution in [2.45, 2.75) is 38.5 Å². The summed E-state index contributed by atoms with van der Waals surface area (Å²) in [5.41, 5.74) is 2.39. The molecule has 0 aromatic carbocycles. The van der Waals surface area contributed by atoms with Gasteiger partial charge in [-0.25, -0.2) is 4.79 Å². The molecular weight excluding hydrogens is 222 g/mol. The van der Waals surface area contributed by atoms with Crippen LogP contribution in [0.2, 0.25) is 0 Å². The van der Waals surface area contributed by atoms with E-state index in [2.05, 4.69) is 4.57 Å². The van der Waals surface area contributed by atoms with Crippen LogP contribution >= 0.6 is 11.8 Å². The minimum absolute atomic E-state index is 0.445. The molecule has 2 rings (SSSR count). The monoisotopic (exact) mass is 239 g/mol. The zero-order valence-corrected chi connectivity index (χ0v) is 10.5. The van der Waals surface area contributed by atoms with Gasteiger partial charge in [-0.05, 0) is 38.5 Å². The number of rotatable bonds is 3. The van der Waals surface area contributed by atoms with Gasteiger partial charge in [0.2, 0.25) is 0 Å². The Kier molecular flexibility index (Phi) is 3.28. The van der Waals surface area contributed by atoms with E-state index in [1.165, 1.54) is 18.6 Å². The Bertz CT molecular complexity index is 405. The molecule has 4 heteroatoms. The summed E-state index contributed by atoms with van der Waals surface area (Å²) in [6.45, 7) is 4.84. The van der Waals surface area contributed by atoms with Gasteiger partial charge in [-0.3, -0.25) is 0 Å². The molecule has 0 aliphatic carbocycles. The first-order valence-corrected chi connectivity index (χ1v) is 6.66. The van der Waals surface area contributed by atoms with Crippen molar-refractivity contribution in [1.29, 1.82) is 0 Å². The molecular formula is C12H17NO2S. The third-order valence-electron chi connectivity index (χ3n) is 3.21. The van der Waals surface area contributed by atoms with Gasteiger partial charge < -0.3 is 9.67 Å². The lowest BCUT2D eigenvalue weighted by molar-refractivity contribution is 0.0696. The normalized spacial score (nSPS) is 20.2. The van der Waals surface area contributed by atoms with Crippen LogP contribution in [0.1, 0.15) is 34.6 Å². The van der Waals surface area contributed by atoms with E-state index >= 15 is 0 Å². The number of aromatic nitrogens is 1. The Morgan fingerprint density at radius 1 is 1.62 bits per heavy atom. The van der Waals surface area contributed by atoms with E-state index in [0.29, 0.717) is 10.8 Å². The number of aromatic carboxylic acids is 1. The van der Waals surface area contributed by atoms with E-state index in [9.17, 15) is 4.79 Å². The van der Waals surface area contributed by atoms with Crippen molar-refractivity contribution in [3.05, 3.63) is 23.0 Å². The van der Waals surface area contributed by atoms with Crippen LogP contribution in [0.4, 0.5) is 0 Å². The highest BCUT2D eigenvalue weighted by molar-refractivity contribution is 8.00. The second kappa shape index (κ2) is 4.53. The first kappa shape index (κ1) is 11.6. The van der Waals surface area contributed by atoms with Gasteiger partial charge in [0.25, 0.3) is 0 Å². The molecule has 0 amide bonds. The van der Waals surface area contributed by atoms with Crippen LogP contribution in [0, 0.1) is 13.8 Å². The topological polar surface area (TPSA) is 42.2 Å². The molecule has 1 aromatic heterocycles. The minimum Gasteiger partial charge on any atom is -0.478 e. The van der Waals surface area contributed by atoms with Crippen molar-refractivity contribution in [1.82, 2.24) is 4.57 Å². The van der Waals surface area contributed by atoms with E-state index < -0.39 is 5.97 Å². The number of carbonyl (C=O) groups is 1. The predicted molar refractivity (Wildman–Crippen MR) is 66.3 cm³/mol. The third-order valence-corrected chi connectivity index (χ3v) is 4.59.